The third-order valence-electron chi connectivity index (χ3n) is 5.02. The molecule has 0 aromatic carbocycles. The second-order valence-electron chi connectivity index (χ2n) is 7.29. The smallest absolute Gasteiger partial charge is 0.314 e. The van der Waals surface area contributed by atoms with Crippen LogP contribution in [-0.2, 0) is 0 Å². The lowest BCUT2D eigenvalue weighted by atomic mass is 10.2. The average Bonchev–Trinajstić information content (AvgIpc) is 3.44. The molecule has 3 aromatic rings. The third-order valence-corrected chi connectivity index (χ3v) is 5.02. The molecule has 10 nitrogen and oxygen atoms in total. The van der Waals surface area contributed by atoms with Gasteiger partial charge in [-0.2, -0.15) is 0 Å². The Hall–Kier alpha value is -4.08. The SMILES string of the molecule is CC(C)N(C=N)C(=N)c1cccc(N2CCN(c3cc(-n4ccnc4)ccn3)C2=O)n1. The largest absolute Gasteiger partial charge is 0.331 e. The Balaban J connectivity index is 1.57. The highest BCUT2D eigenvalue weighted by Gasteiger charge is 2.32. The Morgan fingerprint density at radius 3 is 2.61 bits per heavy atom. The molecular formula is C21H23N9O. The van der Waals surface area contributed by atoms with Crippen LogP contribution in [0.2, 0.25) is 0 Å². The Morgan fingerprint density at radius 2 is 1.94 bits per heavy atom. The Bertz CT molecular complexity index is 1110. The molecule has 0 spiro atoms. The van der Waals surface area contributed by atoms with Crippen molar-refractivity contribution in [3.05, 3.63) is 60.9 Å². The maximum Gasteiger partial charge on any atom is 0.331 e. The normalized spacial score (nSPS) is 13.7. The number of amides is 2. The van der Waals surface area contributed by atoms with Crippen molar-refractivity contribution in [2.45, 2.75) is 19.9 Å². The Kier molecular flexibility index (Phi) is 5.44. The molecule has 3 aromatic heterocycles. The van der Waals surface area contributed by atoms with E-state index in [2.05, 4.69) is 15.0 Å². The van der Waals surface area contributed by atoms with E-state index in [-0.39, 0.29) is 17.9 Å². The second-order valence-corrected chi connectivity index (χ2v) is 7.29. The summed E-state index contributed by atoms with van der Waals surface area (Å²) in [6, 6.07) is 8.64. The van der Waals surface area contributed by atoms with Crippen molar-refractivity contribution in [3.63, 3.8) is 0 Å². The average molecular weight is 417 g/mol. The molecule has 1 aliphatic heterocycles. The number of anilines is 2. The molecule has 1 fully saturated rings. The number of nitrogens with one attached hydrogen (secondary N) is 2. The third kappa shape index (κ3) is 3.87. The highest BCUT2D eigenvalue weighted by molar-refractivity contribution is 6.06. The fourth-order valence-corrected chi connectivity index (χ4v) is 3.40. The van der Waals surface area contributed by atoms with Gasteiger partial charge in [-0.25, -0.2) is 19.7 Å². The molecule has 2 amide bonds. The van der Waals surface area contributed by atoms with Crippen LogP contribution in [0.1, 0.15) is 19.5 Å². The van der Waals surface area contributed by atoms with E-state index in [1.165, 1.54) is 4.90 Å². The van der Waals surface area contributed by atoms with Gasteiger partial charge < -0.3 is 9.47 Å². The highest BCUT2D eigenvalue weighted by Crippen LogP contribution is 2.24. The van der Waals surface area contributed by atoms with Gasteiger partial charge in [0.1, 0.15) is 17.3 Å². The van der Waals surface area contributed by atoms with Crippen LogP contribution >= 0.6 is 0 Å². The molecule has 1 aliphatic rings. The first-order valence-electron chi connectivity index (χ1n) is 9.88. The zero-order valence-electron chi connectivity index (χ0n) is 17.3. The maximum atomic E-state index is 13.1. The number of pyridine rings is 2. The highest BCUT2D eigenvalue weighted by atomic mass is 16.2. The lowest BCUT2D eigenvalue weighted by molar-refractivity contribution is 0.255. The second kappa shape index (κ2) is 8.34. The summed E-state index contributed by atoms with van der Waals surface area (Å²) in [6.07, 6.45) is 7.99. The number of hydrogen-bond acceptors (Lipinski definition) is 6. The molecule has 0 saturated carbocycles. The molecular weight excluding hydrogens is 394 g/mol. The fraction of sp³-hybridized carbons (Fsp3) is 0.238. The quantitative estimate of drug-likeness (QED) is 0.472. The molecule has 4 rings (SSSR count). The number of carbonyl (C=O) groups is 1. The van der Waals surface area contributed by atoms with Crippen LogP contribution in [0.15, 0.2) is 55.2 Å². The van der Waals surface area contributed by atoms with Crippen LogP contribution in [-0.4, -0.2) is 61.8 Å². The zero-order valence-corrected chi connectivity index (χ0v) is 17.3. The molecule has 0 bridgehead atoms. The minimum Gasteiger partial charge on any atom is -0.314 e. The standard InChI is InChI=1S/C21H23N9O/c1-15(2)30(13-22)20(23)17-4-3-5-18(26-17)28-10-11-29(21(28)31)19-12-16(6-7-25-19)27-9-8-24-14-27/h3-9,12-15,22-23H,10-11H2,1-2H3. The van der Waals surface area contributed by atoms with Crippen molar-refractivity contribution >= 4 is 29.8 Å². The van der Waals surface area contributed by atoms with E-state index >= 15 is 0 Å². The van der Waals surface area contributed by atoms with Gasteiger partial charge in [0, 0.05) is 43.8 Å². The van der Waals surface area contributed by atoms with Gasteiger partial charge in [-0.1, -0.05) is 6.07 Å². The van der Waals surface area contributed by atoms with Gasteiger partial charge in [0.15, 0.2) is 5.84 Å². The van der Waals surface area contributed by atoms with Crippen molar-refractivity contribution in [2.24, 2.45) is 0 Å². The minimum absolute atomic E-state index is 0.0480. The molecule has 4 heterocycles. The van der Waals surface area contributed by atoms with Gasteiger partial charge >= 0.3 is 6.03 Å². The first-order chi connectivity index (χ1) is 15.0. The number of urea groups is 1. The summed E-state index contributed by atoms with van der Waals surface area (Å²) in [5.41, 5.74) is 1.27. The summed E-state index contributed by atoms with van der Waals surface area (Å²) < 4.78 is 1.85. The van der Waals surface area contributed by atoms with Gasteiger partial charge in [0.05, 0.1) is 18.4 Å². The molecule has 158 valence electrons. The number of imidazole rings is 1. The molecule has 2 N–H and O–H groups in total. The number of rotatable bonds is 6. The number of hydrogen-bond donors (Lipinski definition) is 2. The van der Waals surface area contributed by atoms with Crippen molar-refractivity contribution in [1.29, 1.82) is 10.8 Å². The first-order valence-corrected chi connectivity index (χ1v) is 9.88. The lowest BCUT2D eigenvalue weighted by Gasteiger charge is -2.24. The van der Waals surface area contributed by atoms with E-state index in [1.807, 2.05) is 36.7 Å². The summed E-state index contributed by atoms with van der Waals surface area (Å²) >= 11 is 0. The van der Waals surface area contributed by atoms with Crippen molar-refractivity contribution < 1.29 is 4.79 Å². The summed E-state index contributed by atoms with van der Waals surface area (Å²) in [5.74, 6) is 1.14. The van der Waals surface area contributed by atoms with E-state index in [0.717, 1.165) is 12.0 Å². The van der Waals surface area contributed by atoms with Crippen molar-refractivity contribution in [2.75, 3.05) is 22.9 Å². The molecule has 0 aliphatic carbocycles. The summed E-state index contributed by atoms with van der Waals surface area (Å²) in [4.78, 5) is 30.8. The van der Waals surface area contributed by atoms with Gasteiger partial charge in [-0.15, -0.1) is 0 Å². The van der Waals surface area contributed by atoms with E-state index in [1.54, 1.807) is 46.7 Å². The number of amidine groups is 1. The number of nitrogens with zero attached hydrogens (tertiary/aromatic N) is 7. The minimum atomic E-state index is -0.223. The van der Waals surface area contributed by atoms with Crippen LogP contribution in [0.5, 0.6) is 0 Å². The van der Waals surface area contributed by atoms with E-state index < -0.39 is 0 Å². The Morgan fingerprint density at radius 1 is 1.16 bits per heavy atom. The first kappa shape index (κ1) is 20.2. The van der Waals surface area contributed by atoms with Crippen LogP contribution < -0.4 is 9.80 Å². The lowest BCUT2D eigenvalue weighted by Crippen LogP contribution is -2.36. The van der Waals surface area contributed by atoms with E-state index in [9.17, 15) is 4.79 Å². The summed E-state index contributed by atoms with van der Waals surface area (Å²) in [6.45, 7) is 4.73. The van der Waals surface area contributed by atoms with Gasteiger partial charge in [-0.05, 0) is 32.0 Å². The van der Waals surface area contributed by atoms with Crippen LogP contribution in [0.3, 0.4) is 0 Å². The molecule has 0 radical (unpaired) electrons. The molecule has 31 heavy (non-hydrogen) atoms. The van der Waals surface area contributed by atoms with Gasteiger partial charge in [0.2, 0.25) is 0 Å². The van der Waals surface area contributed by atoms with Crippen molar-refractivity contribution in [1.82, 2.24) is 24.4 Å². The van der Waals surface area contributed by atoms with Crippen LogP contribution in [0.4, 0.5) is 16.4 Å². The molecule has 0 unspecified atom stereocenters. The number of aromatic nitrogens is 4. The van der Waals surface area contributed by atoms with E-state index in [0.29, 0.717) is 30.4 Å². The topological polar surface area (TPSA) is 118 Å². The molecule has 1 saturated heterocycles. The van der Waals surface area contributed by atoms with Crippen molar-refractivity contribution in [3.8, 4) is 5.69 Å². The van der Waals surface area contributed by atoms with Crippen LogP contribution in [0, 0.1) is 10.8 Å². The Labute approximate surface area is 179 Å². The van der Waals surface area contributed by atoms with E-state index in [4.69, 9.17) is 10.8 Å². The fourth-order valence-electron chi connectivity index (χ4n) is 3.40. The summed E-state index contributed by atoms with van der Waals surface area (Å²) in [7, 11) is 0. The monoisotopic (exact) mass is 417 g/mol. The number of carbonyl (C=O) groups excluding carboxylic acids is 1. The zero-order chi connectivity index (χ0) is 22.0. The summed E-state index contributed by atoms with van der Waals surface area (Å²) in [5, 5.41) is 15.9. The van der Waals surface area contributed by atoms with Gasteiger partial charge in [-0.3, -0.25) is 20.6 Å². The predicted octanol–water partition coefficient (Wildman–Crippen LogP) is 2.75. The maximum absolute atomic E-state index is 13.1. The predicted molar refractivity (Wildman–Crippen MR) is 118 cm³/mol. The molecule has 0 atom stereocenters. The van der Waals surface area contributed by atoms with Gasteiger partial charge in [0.25, 0.3) is 0 Å². The molecule has 10 heteroatoms. The van der Waals surface area contributed by atoms with Crippen LogP contribution in [0.25, 0.3) is 5.69 Å².